The number of anilines is 2. The minimum absolute atomic E-state index is 0.103. The molecule has 0 spiro atoms. The maximum Gasteiger partial charge on any atom is 0.328 e. The summed E-state index contributed by atoms with van der Waals surface area (Å²) < 4.78 is 18.3. The first-order chi connectivity index (χ1) is 9.86. The molecular weight excluding hydrogens is 283 g/mol. The van der Waals surface area contributed by atoms with Crippen molar-refractivity contribution >= 4 is 17.6 Å². The van der Waals surface area contributed by atoms with Crippen molar-refractivity contribution in [1.29, 1.82) is 0 Å². The van der Waals surface area contributed by atoms with Crippen molar-refractivity contribution in [3.8, 4) is 11.8 Å². The van der Waals surface area contributed by atoms with E-state index in [2.05, 4.69) is 15.0 Å². The molecule has 0 aliphatic rings. The van der Waals surface area contributed by atoms with Gasteiger partial charge in [0.05, 0.1) is 11.0 Å². The van der Waals surface area contributed by atoms with Gasteiger partial charge in [-0.25, -0.2) is 4.39 Å². The summed E-state index contributed by atoms with van der Waals surface area (Å²) in [5.74, 6) is -0.828. The number of hydrogen-bond acceptors (Lipinski definition) is 8. The highest BCUT2D eigenvalue weighted by Crippen LogP contribution is 2.30. The third-order valence-electron chi connectivity index (χ3n) is 2.34. The van der Waals surface area contributed by atoms with Crippen LogP contribution in [0.1, 0.15) is 0 Å². The van der Waals surface area contributed by atoms with Gasteiger partial charge in [0, 0.05) is 14.1 Å². The third kappa shape index (κ3) is 3.29. The topological polar surface area (TPSA) is 120 Å². The molecule has 0 atom stereocenters. The summed E-state index contributed by atoms with van der Waals surface area (Å²) in [7, 11) is 3.36. The van der Waals surface area contributed by atoms with Crippen molar-refractivity contribution in [2.24, 2.45) is 0 Å². The summed E-state index contributed by atoms with van der Waals surface area (Å²) in [6.07, 6.45) is 0. The van der Waals surface area contributed by atoms with Crippen LogP contribution in [0.15, 0.2) is 18.2 Å². The van der Waals surface area contributed by atoms with E-state index in [1.54, 1.807) is 19.0 Å². The van der Waals surface area contributed by atoms with Crippen LogP contribution in [-0.2, 0) is 0 Å². The number of hydrogen-bond donors (Lipinski definition) is 1. The van der Waals surface area contributed by atoms with Crippen molar-refractivity contribution in [2.45, 2.75) is 0 Å². The molecule has 2 aromatic rings. The Kier molecular flexibility index (Phi) is 3.78. The highest BCUT2D eigenvalue weighted by molar-refractivity contribution is 5.48. The molecule has 0 amide bonds. The fraction of sp³-hybridized carbons (Fsp3) is 0.182. The monoisotopic (exact) mass is 294 g/mol. The number of nitro benzene ring substituents is 1. The summed E-state index contributed by atoms with van der Waals surface area (Å²) in [6, 6.07) is 2.66. The van der Waals surface area contributed by atoms with Crippen LogP contribution in [-0.4, -0.2) is 34.0 Å². The first-order valence-electron chi connectivity index (χ1n) is 5.67. The van der Waals surface area contributed by atoms with Crippen molar-refractivity contribution in [3.05, 3.63) is 34.1 Å². The fourth-order valence-electron chi connectivity index (χ4n) is 1.42. The third-order valence-corrected chi connectivity index (χ3v) is 2.34. The molecule has 9 nitrogen and oxygen atoms in total. The normalized spacial score (nSPS) is 10.2. The Labute approximate surface area is 118 Å². The molecule has 0 saturated carbocycles. The molecule has 21 heavy (non-hydrogen) atoms. The van der Waals surface area contributed by atoms with Crippen LogP contribution >= 0.6 is 0 Å². The van der Waals surface area contributed by atoms with Crippen molar-refractivity contribution < 1.29 is 14.1 Å². The number of ether oxygens (including phenoxy) is 1. The number of benzene rings is 1. The first-order valence-corrected chi connectivity index (χ1v) is 5.67. The predicted octanol–water partition coefficient (Wildman–Crippen LogP) is 1.36. The molecule has 1 aromatic heterocycles. The second kappa shape index (κ2) is 5.53. The summed E-state index contributed by atoms with van der Waals surface area (Å²) in [4.78, 5) is 23.2. The molecule has 0 fully saturated rings. The number of rotatable bonds is 4. The van der Waals surface area contributed by atoms with Gasteiger partial charge < -0.3 is 15.4 Å². The largest absolute Gasteiger partial charge is 0.417 e. The van der Waals surface area contributed by atoms with E-state index in [0.717, 1.165) is 18.2 Å². The summed E-state index contributed by atoms with van der Waals surface area (Å²) in [5.41, 5.74) is 4.97. The van der Waals surface area contributed by atoms with E-state index in [4.69, 9.17) is 10.5 Å². The van der Waals surface area contributed by atoms with Crippen LogP contribution in [0.5, 0.6) is 11.8 Å². The van der Waals surface area contributed by atoms with Crippen LogP contribution in [0.2, 0.25) is 0 Å². The molecule has 2 rings (SSSR count). The van der Waals surface area contributed by atoms with Gasteiger partial charge in [0.2, 0.25) is 17.6 Å². The lowest BCUT2D eigenvalue weighted by Crippen LogP contribution is -2.15. The molecular formula is C11H11FN6O3. The SMILES string of the molecule is CN(C)c1nc(N)nc(Oc2ccc(F)cc2[N+](=O)[O-])n1. The molecule has 0 unspecified atom stereocenters. The average Bonchev–Trinajstić information content (AvgIpc) is 2.40. The summed E-state index contributed by atoms with van der Waals surface area (Å²) in [6.45, 7) is 0. The molecule has 0 aliphatic carbocycles. The number of aromatic nitrogens is 3. The first kappa shape index (κ1) is 14.4. The number of nitro groups is 1. The van der Waals surface area contributed by atoms with E-state index in [1.807, 2.05) is 0 Å². The highest BCUT2D eigenvalue weighted by Gasteiger charge is 2.19. The van der Waals surface area contributed by atoms with Crippen molar-refractivity contribution in [3.63, 3.8) is 0 Å². The van der Waals surface area contributed by atoms with Gasteiger partial charge in [-0.1, -0.05) is 0 Å². The van der Waals surface area contributed by atoms with E-state index in [9.17, 15) is 14.5 Å². The maximum absolute atomic E-state index is 13.1. The number of nitrogens with zero attached hydrogens (tertiary/aromatic N) is 5. The van der Waals surface area contributed by atoms with Crippen LogP contribution in [0, 0.1) is 15.9 Å². The molecule has 110 valence electrons. The van der Waals surface area contributed by atoms with Gasteiger partial charge in [-0.05, 0) is 12.1 Å². The van der Waals surface area contributed by atoms with Crippen LogP contribution in [0.25, 0.3) is 0 Å². The smallest absolute Gasteiger partial charge is 0.328 e. The van der Waals surface area contributed by atoms with Gasteiger partial charge >= 0.3 is 11.7 Å². The molecule has 0 aliphatic heterocycles. The Balaban J connectivity index is 2.41. The lowest BCUT2D eigenvalue weighted by atomic mass is 10.3. The van der Waals surface area contributed by atoms with E-state index in [-0.39, 0.29) is 23.7 Å². The Hall–Kier alpha value is -3.04. The second-order valence-electron chi connectivity index (χ2n) is 4.14. The predicted molar refractivity (Wildman–Crippen MR) is 71.7 cm³/mol. The quantitative estimate of drug-likeness (QED) is 0.662. The minimum atomic E-state index is -0.768. The van der Waals surface area contributed by atoms with E-state index in [0.29, 0.717) is 0 Å². The van der Waals surface area contributed by atoms with Crippen LogP contribution < -0.4 is 15.4 Å². The van der Waals surface area contributed by atoms with E-state index >= 15 is 0 Å². The molecule has 0 radical (unpaired) electrons. The van der Waals surface area contributed by atoms with E-state index in [1.165, 1.54) is 0 Å². The van der Waals surface area contributed by atoms with Gasteiger partial charge in [-0.15, -0.1) is 0 Å². The summed E-state index contributed by atoms with van der Waals surface area (Å²) in [5, 5.41) is 10.9. The number of halogens is 1. The maximum atomic E-state index is 13.1. The minimum Gasteiger partial charge on any atom is -0.417 e. The molecule has 0 saturated heterocycles. The Morgan fingerprint density at radius 2 is 2.05 bits per heavy atom. The fourth-order valence-corrected chi connectivity index (χ4v) is 1.42. The molecule has 1 aromatic carbocycles. The van der Waals surface area contributed by atoms with Gasteiger partial charge in [-0.2, -0.15) is 15.0 Å². The van der Waals surface area contributed by atoms with Gasteiger partial charge in [0.15, 0.2) is 0 Å². The molecule has 10 heteroatoms. The van der Waals surface area contributed by atoms with Gasteiger partial charge in [-0.3, -0.25) is 10.1 Å². The molecule has 2 N–H and O–H groups in total. The Bertz CT molecular complexity index is 694. The zero-order chi connectivity index (χ0) is 15.6. The number of nitrogens with two attached hydrogens (primary N) is 1. The van der Waals surface area contributed by atoms with Crippen LogP contribution in [0.3, 0.4) is 0 Å². The summed E-state index contributed by atoms with van der Waals surface area (Å²) >= 11 is 0. The van der Waals surface area contributed by atoms with Crippen LogP contribution in [0.4, 0.5) is 22.0 Å². The highest BCUT2D eigenvalue weighted by atomic mass is 19.1. The standard InChI is InChI=1S/C11H11FN6O3/c1-17(2)10-14-9(13)15-11(16-10)21-8-4-3-6(12)5-7(8)18(19)20/h3-5H,1-2H3,(H2,13,14,15,16). The second-order valence-corrected chi connectivity index (χ2v) is 4.14. The molecule has 0 bridgehead atoms. The lowest BCUT2D eigenvalue weighted by Gasteiger charge is -2.11. The van der Waals surface area contributed by atoms with Crippen molar-refractivity contribution in [1.82, 2.24) is 15.0 Å². The molecule has 1 heterocycles. The zero-order valence-corrected chi connectivity index (χ0v) is 11.1. The number of nitrogen functional groups attached to an aromatic ring is 1. The van der Waals surface area contributed by atoms with Gasteiger partial charge in [0.25, 0.3) is 0 Å². The Morgan fingerprint density at radius 1 is 1.33 bits per heavy atom. The van der Waals surface area contributed by atoms with E-state index < -0.39 is 16.4 Å². The van der Waals surface area contributed by atoms with Crippen molar-refractivity contribution in [2.75, 3.05) is 24.7 Å². The lowest BCUT2D eigenvalue weighted by molar-refractivity contribution is -0.385. The zero-order valence-electron chi connectivity index (χ0n) is 11.1. The average molecular weight is 294 g/mol. The Morgan fingerprint density at radius 3 is 2.67 bits per heavy atom. The van der Waals surface area contributed by atoms with Gasteiger partial charge in [0.1, 0.15) is 5.82 Å².